The van der Waals surface area contributed by atoms with E-state index in [1.165, 1.54) is 12.1 Å². The molecule has 1 amide bonds. The second-order valence-electron chi connectivity index (χ2n) is 4.92. The standard InChI is InChI=1S/C15H17FN2O2S/c1-11-10-21-15(20)18(11)8-7-14(19)17(2)9-12-3-5-13(16)6-4-12/h3-6,10H,7-9H2,1-2H3. The predicted molar refractivity (Wildman–Crippen MR) is 80.8 cm³/mol. The minimum absolute atomic E-state index is 0.0403. The highest BCUT2D eigenvalue weighted by Crippen LogP contribution is 2.07. The number of thiazole rings is 1. The zero-order chi connectivity index (χ0) is 15.4. The molecule has 0 N–H and O–H groups in total. The third-order valence-corrected chi connectivity index (χ3v) is 4.17. The third kappa shape index (κ3) is 4.01. The van der Waals surface area contributed by atoms with Gasteiger partial charge in [-0.1, -0.05) is 23.5 Å². The van der Waals surface area contributed by atoms with Gasteiger partial charge in [0.05, 0.1) is 0 Å². The molecular weight excluding hydrogens is 291 g/mol. The summed E-state index contributed by atoms with van der Waals surface area (Å²) in [5.74, 6) is -0.336. The zero-order valence-corrected chi connectivity index (χ0v) is 12.8. The Hall–Kier alpha value is -1.95. The number of hydrogen-bond acceptors (Lipinski definition) is 3. The van der Waals surface area contributed by atoms with Crippen LogP contribution in [0.15, 0.2) is 34.4 Å². The molecule has 0 aliphatic carbocycles. The Morgan fingerprint density at radius 3 is 2.57 bits per heavy atom. The molecule has 0 saturated heterocycles. The van der Waals surface area contributed by atoms with E-state index in [0.29, 0.717) is 13.1 Å². The van der Waals surface area contributed by atoms with Crippen LogP contribution < -0.4 is 4.87 Å². The van der Waals surface area contributed by atoms with Crippen molar-refractivity contribution in [2.45, 2.75) is 26.4 Å². The van der Waals surface area contributed by atoms with Crippen molar-refractivity contribution >= 4 is 17.2 Å². The van der Waals surface area contributed by atoms with E-state index >= 15 is 0 Å². The van der Waals surface area contributed by atoms with E-state index in [4.69, 9.17) is 0 Å². The Kier molecular flexibility index (Phi) is 4.90. The van der Waals surface area contributed by atoms with Crippen LogP contribution in [0.5, 0.6) is 0 Å². The van der Waals surface area contributed by atoms with Crippen molar-refractivity contribution in [3.05, 3.63) is 56.4 Å². The van der Waals surface area contributed by atoms with Gasteiger partial charge in [-0.05, 0) is 24.6 Å². The van der Waals surface area contributed by atoms with E-state index in [9.17, 15) is 14.0 Å². The maximum atomic E-state index is 12.8. The Morgan fingerprint density at radius 1 is 1.33 bits per heavy atom. The van der Waals surface area contributed by atoms with E-state index in [1.54, 1.807) is 34.0 Å². The fourth-order valence-electron chi connectivity index (χ4n) is 2.02. The van der Waals surface area contributed by atoms with Gasteiger partial charge < -0.3 is 9.47 Å². The average molecular weight is 308 g/mol. The maximum absolute atomic E-state index is 12.8. The second kappa shape index (κ2) is 6.67. The van der Waals surface area contributed by atoms with Gasteiger partial charge in [-0.2, -0.15) is 0 Å². The highest BCUT2D eigenvalue weighted by molar-refractivity contribution is 7.07. The zero-order valence-electron chi connectivity index (χ0n) is 12.0. The van der Waals surface area contributed by atoms with Crippen molar-refractivity contribution < 1.29 is 9.18 Å². The number of hydrogen-bond donors (Lipinski definition) is 0. The molecule has 0 aliphatic heterocycles. The normalized spacial score (nSPS) is 10.6. The molecule has 0 radical (unpaired) electrons. The van der Waals surface area contributed by atoms with Crippen molar-refractivity contribution in [1.82, 2.24) is 9.47 Å². The molecule has 1 heterocycles. The lowest BCUT2D eigenvalue weighted by atomic mass is 10.2. The van der Waals surface area contributed by atoms with Gasteiger partial charge in [-0.25, -0.2) is 4.39 Å². The van der Waals surface area contributed by atoms with Gasteiger partial charge in [0.1, 0.15) is 5.82 Å². The van der Waals surface area contributed by atoms with E-state index < -0.39 is 0 Å². The monoisotopic (exact) mass is 308 g/mol. The molecule has 0 unspecified atom stereocenters. The molecule has 0 bridgehead atoms. The fourth-order valence-corrected chi connectivity index (χ4v) is 2.79. The van der Waals surface area contributed by atoms with Crippen LogP contribution in [0.1, 0.15) is 17.7 Å². The smallest absolute Gasteiger partial charge is 0.307 e. The van der Waals surface area contributed by atoms with Gasteiger partial charge in [-0.3, -0.25) is 9.59 Å². The SMILES string of the molecule is Cc1csc(=O)n1CCC(=O)N(C)Cc1ccc(F)cc1. The molecule has 2 aromatic rings. The molecule has 0 fully saturated rings. The number of carbonyl (C=O) groups excluding carboxylic acids is 1. The number of benzene rings is 1. The lowest BCUT2D eigenvalue weighted by molar-refractivity contribution is -0.130. The summed E-state index contributed by atoms with van der Waals surface area (Å²) in [5.41, 5.74) is 1.75. The van der Waals surface area contributed by atoms with Crippen LogP contribution in [0.2, 0.25) is 0 Å². The van der Waals surface area contributed by atoms with Gasteiger partial charge >= 0.3 is 4.87 Å². The Bertz CT molecular complexity index is 676. The highest BCUT2D eigenvalue weighted by atomic mass is 32.1. The summed E-state index contributed by atoms with van der Waals surface area (Å²) in [6.45, 7) is 2.67. The quantitative estimate of drug-likeness (QED) is 0.851. The lowest BCUT2D eigenvalue weighted by Gasteiger charge is -2.17. The topological polar surface area (TPSA) is 42.3 Å². The fraction of sp³-hybridized carbons (Fsp3) is 0.333. The van der Waals surface area contributed by atoms with Crippen LogP contribution in [0.25, 0.3) is 0 Å². The molecule has 6 heteroatoms. The Balaban J connectivity index is 1.91. The third-order valence-electron chi connectivity index (χ3n) is 3.28. The van der Waals surface area contributed by atoms with Crippen molar-refractivity contribution in [2.75, 3.05) is 7.05 Å². The van der Waals surface area contributed by atoms with Crippen molar-refractivity contribution in [3.63, 3.8) is 0 Å². The highest BCUT2D eigenvalue weighted by Gasteiger charge is 2.11. The predicted octanol–water partition coefficient (Wildman–Crippen LogP) is 2.41. The van der Waals surface area contributed by atoms with Gasteiger partial charge in [0, 0.05) is 37.6 Å². The van der Waals surface area contributed by atoms with E-state index in [1.807, 2.05) is 6.92 Å². The molecule has 4 nitrogen and oxygen atoms in total. The molecule has 0 spiro atoms. The van der Waals surface area contributed by atoms with Crippen LogP contribution in [0.3, 0.4) is 0 Å². The molecule has 1 aromatic carbocycles. The van der Waals surface area contributed by atoms with E-state index in [2.05, 4.69) is 0 Å². The number of aromatic nitrogens is 1. The number of halogens is 1. The summed E-state index contributed by atoms with van der Waals surface area (Å²) < 4.78 is 14.4. The first-order valence-electron chi connectivity index (χ1n) is 6.60. The molecule has 0 atom stereocenters. The summed E-state index contributed by atoms with van der Waals surface area (Å²) >= 11 is 1.14. The summed E-state index contributed by atoms with van der Waals surface area (Å²) in [4.78, 5) is 25.2. The largest absolute Gasteiger partial charge is 0.341 e. The van der Waals surface area contributed by atoms with E-state index in [0.717, 1.165) is 22.6 Å². The van der Waals surface area contributed by atoms with Crippen molar-refractivity contribution in [2.24, 2.45) is 0 Å². The van der Waals surface area contributed by atoms with Gasteiger partial charge in [0.15, 0.2) is 0 Å². The van der Waals surface area contributed by atoms with Crippen LogP contribution in [0, 0.1) is 12.7 Å². The second-order valence-corrected chi connectivity index (χ2v) is 5.74. The summed E-state index contributed by atoms with van der Waals surface area (Å²) in [6, 6.07) is 6.07. The van der Waals surface area contributed by atoms with Gasteiger partial charge in [0.25, 0.3) is 0 Å². The number of rotatable bonds is 5. The first-order valence-corrected chi connectivity index (χ1v) is 7.48. The lowest BCUT2D eigenvalue weighted by Crippen LogP contribution is -2.28. The first kappa shape index (κ1) is 15.4. The summed E-state index contributed by atoms with van der Waals surface area (Å²) in [6.07, 6.45) is 0.273. The van der Waals surface area contributed by atoms with Crippen LogP contribution in [0.4, 0.5) is 4.39 Å². The maximum Gasteiger partial charge on any atom is 0.307 e. The number of nitrogens with zero attached hydrogens (tertiary/aromatic N) is 2. The average Bonchev–Trinajstić information content (AvgIpc) is 2.78. The minimum atomic E-state index is -0.292. The molecule has 112 valence electrons. The first-order chi connectivity index (χ1) is 9.97. The van der Waals surface area contributed by atoms with Gasteiger partial charge in [-0.15, -0.1) is 0 Å². The Labute approximate surface area is 126 Å². The molecular formula is C15H17FN2O2S. The molecule has 0 saturated carbocycles. The minimum Gasteiger partial charge on any atom is -0.341 e. The Morgan fingerprint density at radius 2 is 2.00 bits per heavy atom. The van der Waals surface area contributed by atoms with Crippen molar-refractivity contribution in [3.8, 4) is 0 Å². The number of aryl methyl sites for hydroxylation is 1. The molecule has 0 aliphatic rings. The van der Waals surface area contributed by atoms with E-state index in [-0.39, 0.29) is 23.0 Å². The van der Waals surface area contributed by atoms with Gasteiger partial charge in [0.2, 0.25) is 5.91 Å². The molecule has 1 aromatic heterocycles. The molecule has 21 heavy (non-hydrogen) atoms. The van der Waals surface area contributed by atoms with Crippen molar-refractivity contribution in [1.29, 1.82) is 0 Å². The number of amides is 1. The summed E-state index contributed by atoms with van der Waals surface area (Å²) in [5, 5.41) is 1.79. The summed E-state index contributed by atoms with van der Waals surface area (Å²) in [7, 11) is 1.70. The van der Waals surface area contributed by atoms with Crippen LogP contribution >= 0.6 is 11.3 Å². The van der Waals surface area contributed by atoms with Crippen LogP contribution in [-0.2, 0) is 17.9 Å². The molecule has 2 rings (SSSR count). The van der Waals surface area contributed by atoms with Crippen LogP contribution in [-0.4, -0.2) is 22.4 Å². The number of carbonyl (C=O) groups is 1.